The molecule has 0 aliphatic heterocycles. The minimum atomic E-state index is -0.943. The standard InChI is InChI=1S/C16H23NO4/c1-11(2)21-9-8-15(18)17-14(10-16(19)20)13-7-5-4-6-12(13)3/h4-7,11,14H,8-10H2,1-3H3,(H,17,18)(H,19,20). The molecule has 1 unspecified atom stereocenters. The zero-order valence-electron chi connectivity index (χ0n) is 12.8. The van der Waals surface area contributed by atoms with Crippen LogP contribution in [0.2, 0.25) is 0 Å². The molecule has 1 atom stereocenters. The summed E-state index contributed by atoms with van der Waals surface area (Å²) in [5.41, 5.74) is 1.79. The summed E-state index contributed by atoms with van der Waals surface area (Å²) in [6, 6.07) is 6.95. The second kappa shape index (κ2) is 8.42. The van der Waals surface area contributed by atoms with Gasteiger partial charge in [-0.25, -0.2) is 0 Å². The van der Waals surface area contributed by atoms with E-state index in [1.165, 1.54) is 0 Å². The number of carbonyl (C=O) groups is 2. The number of amides is 1. The highest BCUT2D eigenvalue weighted by atomic mass is 16.5. The molecular formula is C16H23NO4. The molecule has 1 aromatic carbocycles. The Balaban J connectivity index is 2.69. The molecule has 0 bridgehead atoms. The van der Waals surface area contributed by atoms with Crippen molar-refractivity contribution in [1.29, 1.82) is 0 Å². The van der Waals surface area contributed by atoms with Crippen LogP contribution >= 0.6 is 0 Å². The molecule has 1 amide bonds. The predicted octanol–water partition coefficient (Wildman–Crippen LogP) is 2.44. The molecule has 0 aromatic heterocycles. The molecule has 5 heteroatoms. The summed E-state index contributed by atoms with van der Waals surface area (Å²) in [7, 11) is 0. The van der Waals surface area contributed by atoms with E-state index >= 15 is 0 Å². The number of carbonyl (C=O) groups excluding carboxylic acids is 1. The molecule has 116 valence electrons. The fourth-order valence-corrected chi connectivity index (χ4v) is 2.04. The van der Waals surface area contributed by atoms with Gasteiger partial charge in [0.1, 0.15) is 0 Å². The van der Waals surface area contributed by atoms with Crippen molar-refractivity contribution >= 4 is 11.9 Å². The molecule has 1 aromatic rings. The van der Waals surface area contributed by atoms with Crippen molar-refractivity contribution in [1.82, 2.24) is 5.32 Å². The highest BCUT2D eigenvalue weighted by molar-refractivity contribution is 5.78. The minimum absolute atomic E-state index is 0.0731. The number of carboxylic acids is 1. The van der Waals surface area contributed by atoms with Crippen molar-refractivity contribution in [3.63, 3.8) is 0 Å². The summed E-state index contributed by atoms with van der Waals surface area (Å²) < 4.78 is 5.33. The lowest BCUT2D eigenvalue weighted by atomic mass is 9.98. The average molecular weight is 293 g/mol. The normalized spacial score (nSPS) is 12.2. The largest absolute Gasteiger partial charge is 0.481 e. The van der Waals surface area contributed by atoms with Gasteiger partial charge in [-0.15, -0.1) is 0 Å². The summed E-state index contributed by atoms with van der Waals surface area (Å²) in [6.07, 6.45) is 0.158. The Labute approximate surface area is 125 Å². The van der Waals surface area contributed by atoms with Crippen molar-refractivity contribution < 1.29 is 19.4 Å². The highest BCUT2D eigenvalue weighted by Crippen LogP contribution is 2.20. The van der Waals surface area contributed by atoms with Gasteiger partial charge in [-0.3, -0.25) is 9.59 Å². The van der Waals surface area contributed by atoms with Gasteiger partial charge in [-0.05, 0) is 31.9 Å². The lowest BCUT2D eigenvalue weighted by Gasteiger charge is -2.19. The van der Waals surface area contributed by atoms with Crippen LogP contribution in [0.15, 0.2) is 24.3 Å². The molecule has 0 spiro atoms. The number of carboxylic acid groups (broad SMARTS) is 1. The van der Waals surface area contributed by atoms with Gasteiger partial charge in [0, 0.05) is 6.42 Å². The quantitative estimate of drug-likeness (QED) is 0.772. The predicted molar refractivity (Wildman–Crippen MR) is 80.0 cm³/mol. The first-order chi connectivity index (χ1) is 9.90. The molecular weight excluding hydrogens is 270 g/mol. The molecule has 1 rings (SSSR count). The second-order valence-corrected chi connectivity index (χ2v) is 5.24. The number of ether oxygens (including phenoxy) is 1. The number of nitrogens with one attached hydrogen (secondary N) is 1. The Kier molecular flexibility index (Phi) is 6.88. The van der Waals surface area contributed by atoms with Crippen molar-refractivity contribution in [3.8, 4) is 0 Å². The van der Waals surface area contributed by atoms with Crippen LogP contribution in [-0.4, -0.2) is 29.7 Å². The third-order valence-electron chi connectivity index (χ3n) is 3.06. The summed E-state index contributed by atoms with van der Waals surface area (Å²) in [5, 5.41) is 11.8. The van der Waals surface area contributed by atoms with Crippen LogP contribution < -0.4 is 5.32 Å². The third-order valence-corrected chi connectivity index (χ3v) is 3.06. The van der Waals surface area contributed by atoms with E-state index in [1.54, 1.807) is 0 Å². The number of hydrogen-bond acceptors (Lipinski definition) is 3. The summed E-state index contributed by atoms with van der Waals surface area (Å²) >= 11 is 0. The van der Waals surface area contributed by atoms with Gasteiger partial charge in [0.05, 0.1) is 25.2 Å². The van der Waals surface area contributed by atoms with Gasteiger partial charge in [-0.1, -0.05) is 24.3 Å². The number of rotatable bonds is 8. The first-order valence-electron chi connectivity index (χ1n) is 7.08. The number of benzene rings is 1. The van der Waals surface area contributed by atoms with Crippen LogP contribution in [-0.2, 0) is 14.3 Å². The van der Waals surface area contributed by atoms with Crippen LogP contribution in [0.4, 0.5) is 0 Å². The van der Waals surface area contributed by atoms with Gasteiger partial charge in [0.2, 0.25) is 5.91 Å². The Bertz CT molecular complexity index is 485. The van der Waals surface area contributed by atoms with E-state index in [0.29, 0.717) is 6.61 Å². The monoisotopic (exact) mass is 293 g/mol. The molecule has 21 heavy (non-hydrogen) atoms. The second-order valence-electron chi connectivity index (χ2n) is 5.24. The van der Waals surface area contributed by atoms with E-state index in [1.807, 2.05) is 45.0 Å². The van der Waals surface area contributed by atoms with Gasteiger partial charge in [0.25, 0.3) is 0 Å². The maximum Gasteiger partial charge on any atom is 0.305 e. The van der Waals surface area contributed by atoms with Crippen molar-refractivity contribution in [2.75, 3.05) is 6.61 Å². The van der Waals surface area contributed by atoms with Crippen LogP contribution in [0, 0.1) is 6.92 Å². The Hall–Kier alpha value is -1.88. The number of aryl methyl sites for hydroxylation is 1. The van der Waals surface area contributed by atoms with Gasteiger partial charge in [-0.2, -0.15) is 0 Å². The first-order valence-corrected chi connectivity index (χ1v) is 7.08. The summed E-state index contributed by atoms with van der Waals surface area (Å²) in [4.78, 5) is 22.9. The zero-order valence-corrected chi connectivity index (χ0v) is 12.8. The molecule has 0 heterocycles. The van der Waals surface area contributed by atoms with E-state index in [-0.39, 0.29) is 24.9 Å². The van der Waals surface area contributed by atoms with Crippen LogP contribution in [0.1, 0.15) is 43.9 Å². The van der Waals surface area contributed by atoms with Gasteiger partial charge < -0.3 is 15.2 Å². The van der Waals surface area contributed by atoms with E-state index in [9.17, 15) is 9.59 Å². The fourth-order valence-electron chi connectivity index (χ4n) is 2.04. The SMILES string of the molecule is Cc1ccccc1C(CC(=O)O)NC(=O)CCOC(C)C. The molecule has 0 saturated carbocycles. The topological polar surface area (TPSA) is 75.6 Å². The smallest absolute Gasteiger partial charge is 0.305 e. The van der Waals surface area contributed by atoms with Crippen LogP contribution in [0.3, 0.4) is 0 Å². The molecule has 2 N–H and O–H groups in total. The first kappa shape index (κ1) is 17.2. The number of hydrogen-bond donors (Lipinski definition) is 2. The Morgan fingerprint density at radius 1 is 1.29 bits per heavy atom. The van der Waals surface area contributed by atoms with E-state index in [0.717, 1.165) is 11.1 Å². The Morgan fingerprint density at radius 3 is 2.52 bits per heavy atom. The third kappa shape index (κ3) is 6.40. The fraction of sp³-hybridized carbons (Fsp3) is 0.500. The molecule has 0 fully saturated rings. The average Bonchev–Trinajstić information content (AvgIpc) is 2.37. The van der Waals surface area contributed by atoms with Crippen LogP contribution in [0.5, 0.6) is 0 Å². The summed E-state index contributed by atoms with van der Waals surface area (Å²) in [5.74, 6) is -1.15. The lowest BCUT2D eigenvalue weighted by Crippen LogP contribution is -2.31. The molecule has 0 radical (unpaired) electrons. The lowest BCUT2D eigenvalue weighted by molar-refractivity contribution is -0.137. The van der Waals surface area contributed by atoms with Crippen molar-refractivity contribution in [3.05, 3.63) is 35.4 Å². The Morgan fingerprint density at radius 2 is 1.95 bits per heavy atom. The molecule has 5 nitrogen and oxygen atoms in total. The van der Waals surface area contributed by atoms with E-state index in [4.69, 9.17) is 9.84 Å². The zero-order chi connectivity index (χ0) is 15.8. The van der Waals surface area contributed by atoms with Gasteiger partial charge in [0.15, 0.2) is 0 Å². The minimum Gasteiger partial charge on any atom is -0.481 e. The maximum atomic E-state index is 11.9. The molecule has 0 saturated heterocycles. The summed E-state index contributed by atoms with van der Waals surface area (Å²) in [6.45, 7) is 6.03. The van der Waals surface area contributed by atoms with Gasteiger partial charge >= 0.3 is 5.97 Å². The van der Waals surface area contributed by atoms with Crippen LogP contribution in [0.25, 0.3) is 0 Å². The van der Waals surface area contributed by atoms with E-state index < -0.39 is 12.0 Å². The number of aliphatic carboxylic acids is 1. The van der Waals surface area contributed by atoms with E-state index in [2.05, 4.69) is 5.32 Å². The van der Waals surface area contributed by atoms with Crippen molar-refractivity contribution in [2.45, 2.75) is 45.8 Å². The molecule has 0 aliphatic rings. The highest BCUT2D eigenvalue weighted by Gasteiger charge is 2.19. The maximum absolute atomic E-state index is 11.9. The van der Waals surface area contributed by atoms with Crippen molar-refractivity contribution in [2.24, 2.45) is 0 Å². The molecule has 0 aliphatic carbocycles.